The van der Waals surface area contributed by atoms with Gasteiger partial charge in [0, 0.05) is 34.2 Å². The molecular weight excluding hydrogens is 216 g/mol. The highest BCUT2D eigenvalue weighted by atomic mass is 32.2. The van der Waals surface area contributed by atoms with Gasteiger partial charge in [-0.25, -0.2) is 4.98 Å². The summed E-state index contributed by atoms with van der Waals surface area (Å²) < 4.78 is 10.8. The molecule has 3 nitrogen and oxygen atoms in total. The number of rotatable bonds is 6. The van der Waals surface area contributed by atoms with Crippen LogP contribution in [0.4, 0.5) is 0 Å². The first-order valence-corrected chi connectivity index (χ1v) is 7.20. The third kappa shape index (κ3) is 4.30. The van der Waals surface area contributed by atoms with Gasteiger partial charge in [0.25, 0.3) is 0 Å². The number of aryl methyl sites for hydroxylation is 1. The molecule has 0 saturated heterocycles. The summed E-state index contributed by atoms with van der Waals surface area (Å²) in [7, 11) is -0.660. The lowest BCUT2D eigenvalue weighted by Crippen LogP contribution is -2.16. The normalized spacial score (nSPS) is 13.0. The average molecular weight is 232 g/mol. The largest absolute Gasteiger partial charge is 0.312 e. The molecule has 0 radical (unpaired) electrons. The molecule has 0 aliphatic heterocycles. The van der Waals surface area contributed by atoms with Gasteiger partial charge in [0.05, 0.1) is 11.2 Å². The second-order valence-electron chi connectivity index (χ2n) is 3.17. The van der Waals surface area contributed by atoms with Gasteiger partial charge in [-0.15, -0.1) is 11.3 Å². The van der Waals surface area contributed by atoms with Gasteiger partial charge in [-0.3, -0.25) is 4.21 Å². The van der Waals surface area contributed by atoms with Crippen LogP contribution >= 0.6 is 11.3 Å². The molecule has 5 heteroatoms. The molecule has 0 aliphatic carbocycles. The molecule has 80 valence electrons. The molecule has 0 aliphatic rings. The summed E-state index contributed by atoms with van der Waals surface area (Å²) in [6.07, 6.45) is 2.72. The predicted octanol–water partition coefficient (Wildman–Crippen LogP) is 1.31. The van der Waals surface area contributed by atoms with Gasteiger partial charge in [0.15, 0.2) is 0 Å². The van der Waals surface area contributed by atoms with Crippen molar-refractivity contribution in [3.63, 3.8) is 0 Å². The maximum absolute atomic E-state index is 10.8. The van der Waals surface area contributed by atoms with Crippen LogP contribution in [0.5, 0.6) is 0 Å². The summed E-state index contributed by atoms with van der Waals surface area (Å²) in [6, 6.07) is 0. The molecule has 1 unspecified atom stereocenters. The minimum Gasteiger partial charge on any atom is -0.312 e. The minimum atomic E-state index is -0.660. The van der Waals surface area contributed by atoms with Crippen molar-refractivity contribution in [1.82, 2.24) is 10.3 Å². The third-order valence-corrected chi connectivity index (χ3v) is 3.71. The van der Waals surface area contributed by atoms with Crippen molar-refractivity contribution in [2.45, 2.75) is 19.9 Å². The van der Waals surface area contributed by atoms with Crippen LogP contribution < -0.4 is 5.32 Å². The zero-order valence-electron chi connectivity index (χ0n) is 8.58. The zero-order valence-corrected chi connectivity index (χ0v) is 10.2. The van der Waals surface area contributed by atoms with Crippen LogP contribution in [0.15, 0.2) is 5.51 Å². The van der Waals surface area contributed by atoms with E-state index in [0.717, 1.165) is 31.0 Å². The minimum absolute atomic E-state index is 0.660. The monoisotopic (exact) mass is 232 g/mol. The number of nitrogens with zero attached hydrogens (tertiary/aromatic N) is 1. The van der Waals surface area contributed by atoms with Crippen molar-refractivity contribution >= 4 is 22.1 Å². The van der Waals surface area contributed by atoms with E-state index in [1.165, 1.54) is 4.88 Å². The number of thiazole rings is 1. The van der Waals surface area contributed by atoms with Crippen LogP contribution in [0.25, 0.3) is 0 Å². The molecule has 1 aromatic rings. The number of hydrogen-bond donors (Lipinski definition) is 1. The molecule has 0 aromatic carbocycles. The van der Waals surface area contributed by atoms with E-state index in [0.29, 0.717) is 0 Å². The topological polar surface area (TPSA) is 42.0 Å². The van der Waals surface area contributed by atoms with E-state index in [1.807, 2.05) is 12.4 Å². The molecule has 0 amide bonds. The standard InChI is InChI=1S/C9H16N2OS2/c1-8-9(13-7-11-8)6-10-4-3-5-14(2)12/h7,10H,3-6H2,1-2H3. The number of hydrogen-bond acceptors (Lipinski definition) is 4. The Bertz CT molecular complexity index is 299. The second-order valence-corrected chi connectivity index (χ2v) is 5.66. The molecule has 0 spiro atoms. The third-order valence-electron chi connectivity index (χ3n) is 1.92. The highest BCUT2D eigenvalue weighted by Gasteiger charge is 1.99. The molecule has 0 saturated carbocycles. The van der Waals surface area contributed by atoms with Crippen molar-refractivity contribution in [2.75, 3.05) is 18.6 Å². The van der Waals surface area contributed by atoms with Gasteiger partial charge >= 0.3 is 0 Å². The van der Waals surface area contributed by atoms with E-state index in [-0.39, 0.29) is 0 Å². The Morgan fingerprint density at radius 2 is 2.43 bits per heavy atom. The van der Waals surface area contributed by atoms with Crippen LogP contribution in [0.3, 0.4) is 0 Å². The van der Waals surface area contributed by atoms with Crippen molar-refractivity contribution in [2.24, 2.45) is 0 Å². The summed E-state index contributed by atoms with van der Waals surface area (Å²) in [5, 5.41) is 3.32. The van der Waals surface area contributed by atoms with Gasteiger partial charge < -0.3 is 5.32 Å². The fourth-order valence-electron chi connectivity index (χ4n) is 1.10. The van der Waals surface area contributed by atoms with Crippen LogP contribution in [-0.4, -0.2) is 27.7 Å². The van der Waals surface area contributed by atoms with Gasteiger partial charge in [-0.05, 0) is 19.9 Å². The quantitative estimate of drug-likeness (QED) is 0.752. The summed E-state index contributed by atoms with van der Waals surface area (Å²) in [4.78, 5) is 5.47. The van der Waals surface area contributed by atoms with E-state index >= 15 is 0 Å². The van der Waals surface area contributed by atoms with E-state index in [4.69, 9.17) is 0 Å². The van der Waals surface area contributed by atoms with Crippen LogP contribution in [0.2, 0.25) is 0 Å². The van der Waals surface area contributed by atoms with Gasteiger partial charge in [-0.2, -0.15) is 0 Å². The molecular formula is C9H16N2OS2. The van der Waals surface area contributed by atoms with Crippen molar-refractivity contribution in [3.05, 3.63) is 16.1 Å². The van der Waals surface area contributed by atoms with E-state index in [1.54, 1.807) is 17.6 Å². The first-order valence-electron chi connectivity index (χ1n) is 4.60. The summed E-state index contributed by atoms with van der Waals surface area (Å²) >= 11 is 1.68. The Kier molecular flexibility index (Phi) is 5.29. The SMILES string of the molecule is Cc1ncsc1CNCCCS(C)=O. The lowest BCUT2D eigenvalue weighted by atomic mass is 10.4. The molecule has 1 N–H and O–H groups in total. The Labute approximate surface area is 91.4 Å². The maximum atomic E-state index is 10.8. The van der Waals surface area contributed by atoms with Crippen LogP contribution in [-0.2, 0) is 17.3 Å². The molecule has 0 fully saturated rings. The second kappa shape index (κ2) is 6.27. The fraction of sp³-hybridized carbons (Fsp3) is 0.667. The van der Waals surface area contributed by atoms with Crippen molar-refractivity contribution in [3.8, 4) is 0 Å². The lowest BCUT2D eigenvalue weighted by molar-refractivity contribution is 0.663. The summed E-state index contributed by atoms with van der Waals surface area (Å²) in [6.45, 7) is 3.83. The van der Waals surface area contributed by atoms with Crippen LogP contribution in [0.1, 0.15) is 17.0 Å². The highest BCUT2D eigenvalue weighted by molar-refractivity contribution is 7.84. The Hall–Kier alpha value is -0.260. The molecule has 1 aromatic heterocycles. The average Bonchev–Trinajstić information content (AvgIpc) is 2.51. The number of nitrogens with one attached hydrogen (secondary N) is 1. The highest BCUT2D eigenvalue weighted by Crippen LogP contribution is 2.10. The predicted molar refractivity (Wildman–Crippen MR) is 62.1 cm³/mol. The van der Waals surface area contributed by atoms with Crippen molar-refractivity contribution < 1.29 is 4.21 Å². The zero-order chi connectivity index (χ0) is 10.4. The van der Waals surface area contributed by atoms with Gasteiger partial charge in [0.2, 0.25) is 0 Å². The molecule has 1 atom stereocenters. The van der Waals surface area contributed by atoms with E-state index in [2.05, 4.69) is 10.3 Å². The van der Waals surface area contributed by atoms with Gasteiger partial charge in [0.1, 0.15) is 0 Å². The van der Waals surface area contributed by atoms with Crippen molar-refractivity contribution in [1.29, 1.82) is 0 Å². The summed E-state index contributed by atoms with van der Waals surface area (Å²) in [5.41, 5.74) is 2.98. The lowest BCUT2D eigenvalue weighted by Gasteiger charge is -2.02. The fourth-order valence-corrected chi connectivity index (χ4v) is 2.40. The Morgan fingerprint density at radius 1 is 1.64 bits per heavy atom. The first-order chi connectivity index (χ1) is 6.70. The van der Waals surface area contributed by atoms with Gasteiger partial charge in [-0.1, -0.05) is 0 Å². The van der Waals surface area contributed by atoms with Crippen LogP contribution in [0, 0.1) is 6.92 Å². The van der Waals surface area contributed by atoms with E-state index in [9.17, 15) is 4.21 Å². The Balaban J connectivity index is 2.10. The molecule has 1 heterocycles. The molecule has 1 rings (SSSR count). The maximum Gasteiger partial charge on any atom is 0.0798 e. The number of aromatic nitrogens is 1. The molecule has 0 bridgehead atoms. The first kappa shape index (κ1) is 11.8. The van der Waals surface area contributed by atoms with E-state index < -0.39 is 10.8 Å². The molecule has 14 heavy (non-hydrogen) atoms. The summed E-state index contributed by atoms with van der Waals surface area (Å²) in [5.74, 6) is 0.786. The Morgan fingerprint density at radius 3 is 3.00 bits per heavy atom. The smallest absolute Gasteiger partial charge is 0.0798 e.